The van der Waals surface area contributed by atoms with Gasteiger partial charge >= 0.3 is 0 Å². The van der Waals surface area contributed by atoms with Gasteiger partial charge in [-0.25, -0.2) is 4.98 Å². The third kappa shape index (κ3) is 3.11. The van der Waals surface area contributed by atoms with Crippen LogP contribution in [0.2, 0.25) is 0 Å². The summed E-state index contributed by atoms with van der Waals surface area (Å²) in [6.45, 7) is 1.02. The number of likely N-dealkylation sites (N-methyl/N-ethyl adjacent to an activating group) is 1. The minimum absolute atomic E-state index is 0.131. The minimum Gasteiger partial charge on any atom is -0.338 e. The van der Waals surface area contributed by atoms with E-state index in [4.69, 9.17) is 0 Å². The Bertz CT molecular complexity index is 558. The molecule has 1 N–H and O–H groups in total. The standard InChI is InChI=1S/C14H17N3OS/c1-17(14(18)8-15-10-6-7-10)9-13-16-11-4-2-3-5-12(11)19-13/h2-5,10,15H,6-9H2,1H3. The third-order valence-corrected chi connectivity index (χ3v) is 4.28. The monoisotopic (exact) mass is 275 g/mol. The Balaban J connectivity index is 1.60. The van der Waals surface area contributed by atoms with Gasteiger partial charge in [0.05, 0.1) is 23.3 Å². The molecule has 0 unspecified atom stereocenters. The van der Waals surface area contributed by atoms with Gasteiger partial charge in [-0.05, 0) is 25.0 Å². The number of fused-ring (bicyclic) bond motifs is 1. The van der Waals surface area contributed by atoms with Crippen molar-refractivity contribution in [1.82, 2.24) is 15.2 Å². The average molecular weight is 275 g/mol. The first-order valence-electron chi connectivity index (χ1n) is 6.54. The number of nitrogens with one attached hydrogen (secondary N) is 1. The van der Waals surface area contributed by atoms with Crippen LogP contribution in [0.3, 0.4) is 0 Å². The zero-order chi connectivity index (χ0) is 13.2. The first-order valence-corrected chi connectivity index (χ1v) is 7.36. The van der Waals surface area contributed by atoms with Crippen LogP contribution in [0.1, 0.15) is 17.8 Å². The van der Waals surface area contributed by atoms with E-state index in [-0.39, 0.29) is 5.91 Å². The Hall–Kier alpha value is -1.46. The first-order chi connectivity index (χ1) is 9.22. The molecule has 1 aromatic heterocycles. The van der Waals surface area contributed by atoms with Gasteiger partial charge in [-0.1, -0.05) is 12.1 Å². The third-order valence-electron chi connectivity index (χ3n) is 3.26. The van der Waals surface area contributed by atoms with Crippen LogP contribution in [0.5, 0.6) is 0 Å². The van der Waals surface area contributed by atoms with Crippen molar-refractivity contribution in [3.63, 3.8) is 0 Å². The van der Waals surface area contributed by atoms with Crippen LogP contribution in [0.25, 0.3) is 10.2 Å². The molecular weight excluding hydrogens is 258 g/mol. The first kappa shape index (κ1) is 12.6. The van der Waals surface area contributed by atoms with Gasteiger partial charge in [-0.15, -0.1) is 11.3 Å². The van der Waals surface area contributed by atoms with E-state index in [1.165, 1.54) is 17.5 Å². The summed E-state index contributed by atoms with van der Waals surface area (Å²) in [4.78, 5) is 18.2. The lowest BCUT2D eigenvalue weighted by Crippen LogP contribution is -2.35. The molecule has 1 heterocycles. The number of hydrogen-bond acceptors (Lipinski definition) is 4. The SMILES string of the molecule is CN(Cc1nc2ccccc2s1)C(=O)CNC1CC1. The predicted octanol–water partition coefficient (Wildman–Crippen LogP) is 2.01. The summed E-state index contributed by atoms with van der Waals surface area (Å²) in [6.07, 6.45) is 2.41. The van der Waals surface area contributed by atoms with Crippen LogP contribution in [0.15, 0.2) is 24.3 Å². The molecule has 3 rings (SSSR count). The summed E-state index contributed by atoms with van der Waals surface area (Å²) < 4.78 is 1.18. The van der Waals surface area contributed by atoms with Gasteiger partial charge in [-0.2, -0.15) is 0 Å². The van der Waals surface area contributed by atoms with Gasteiger partial charge in [0.25, 0.3) is 0 Å². The lowest BCUT2D eigenvalue weighted by atomic mass is 10.3. The molecule has 0 radical (unpaired) electrons. The Kier molecular flexibility index (Phi) is 3.48. The van der Waals surface area contributed by atoms with Crippen molar-refractivity contribution in [3.8, 4) is 0 Å². The van der Waals surface area contributed by atoms with Crippen LogP contribution in [0, 0.1) is 0 Å². The van der Waals surface area contributed by atoms with Gasteiger partial charge in [0, 0.05) is 13.1 Å². The molecule has 0 atom stereocenters. The van der Waals surface area contributed by atoms with E-state index in [0.29, 0.717) is 19.1 Å². The van der Waals surface area contributed by atoms with Crippen molar-refractivity contribution in [2.45, 2.75) is 25.4 Å². The summed E-state index contributed by atoms with van der Waals surface area (Å²) in [5.74, 6) is 0.131. The topological polar surface area (TPSA) is 45.2 Å². The Morgan fingerprint density at radius 1 is 1.47 bits per heavy atom. The van der Waals surface area contributed by atoms with Gasteiger partial charge < -0.3 is 10.2 Å². The fourth-order valence-electron chi connectivity index (χ4n) is 1.93. The van der Waals surface area contributed by atoms with Gasteiger partial charge in [-0.3, -0.25) is 4.79 Å². The molecule has 1 saturated carbocycles. The predicted molar refractivity (Wildman–Crippen MR) is 77.1 cm³/mol. The molecule has 1 fully saturated rings. The lowest BCUT2D eigenvalue weighted by molar-refractivity contribution is -0.129. The molecule has 2 aromatic rings. The number of rotatable bonds is 5. The van der Waals surface area contributed by atoms with Crippen molar-refractivity contribution in [3.05, 3.63) is 29.3 Å². The molecule has 1 aromatic carbocycles. The molecule has 1 aliphatic carbocycles. The highest BCUT2D eigenvalue weighted by Gasteiger charge is 2.22. The quantitative estimate of drug-likeness (QED) is 0.908. The number of para-hydroxylation sites is 1. The molecule has 0 spiro atoms. The number of hydrogen-bond donors (Lipinski definition) is 1. The molecule has 5 heteroatoms. The molecule has 0 saturated heterocycles. The summed E-state index contributed by atoms with van der Waals surface area (Å²) in [5.41, 5.74) is 1.01. The number of nitrogens with zero attached hydrogens (tertiary/aromatic N) is 2. The molecule has 4 nitrogen and oxygen atoms in total. The van der Waals surface area contributed by atoms with E-state index in [1.807, 2.05) is 25.2 Å². The van der Waals surface area contributed by atoms with Crippen molar-refractivity contribution < 1.29 is 4.79 Å². The molecule has 19 heavy (non-hydrogen) atoms. The van der Waals surface area contributed by atoms with Crippen LogP contribution in [0.4, 0.5) is 0 Å². The van der Waals surface area contributed by atoms with Crippen molar-refractivity contribution >= 4 is 27.5 Å². The van der Waals surface area contributed by atoms with Crippen molar-refractivity contribution in [2.24, 2.45) is 0 Å². The minimum atomic E-state index is 0.131. The van der Waals surface area contributed by atoms with Gasteiger partial charge in [0.15, 0.2) is 0 Å². The molecule has 0 bridgehead atoms. The number of thiazole rings is 1. The molecular formula is C14H17N3OS. The fourth-order valence-corrected chi connectivity index (χ4v) is 2.95. The second-order valence-corrected chi connectivity index (χ2v) is 6.10. The van der Waals surface area contributed by atoms with Crippen LogP contribution in [-0.4, -0.2) is 35.4 Å². The molecule has 100 valence electrons. The van der Waals surface area contributed by atoms with Crippen molar-refractivity contribution in [1.29, 1.82) is 0 Å². The van der Waals surface area contributed by atoms with Gasteiger partial charge in [0.1, 0.15) is 5.01 Å². The molecule has 1 amide bonds. The molecule has 1 aliphatic rings. The van der Waals surface area contributed by atoms with Crippen LogP contribution >= 0.6 is 11.3 Å². The maximum atomic E-state index is 11.9. The number of aromatic nitrogens is 1. The van der Waals surface area contributed by atoms with E-state index in [0.717, 1.165) is 10.5 Å². The summed E-state index contributed by atoms with van der Waals surface area (Å²) in [7, 11) is 1.84. The summed E-state index contributed by atoms with van der Waals surface area (Å²) in [6, 6.07) is 8.64. The van der Waals surface area contributed by atoms with Crippen molar-refractivity contribution in [2.75, 3.05) is 13.6 Å². The maximum Gasteiger partial charge on any atom is 0.236 e. The molecule has 0 aliphatic heterocycles. The zero-order valence-corrected chi connectivity index (χ0v) is 11.7. The summed E-state index contributed by atoms with van der Waals surface area (Å²) >= 11 is 1.65. The van der Waals surface area contributed by atoms with E-state index >= 15 is 0 Å². The van der Waals surface area contributed by atoms with Crippen LogP contribution in [-0.2, 0) is 11.3 Å². The van der Waals surface area contributed by atoms with Gasteiger partial charge in [0.2, 0.25) is 5.91 Å². The highest BCUT2D eigenvalue weighted by molar-refractivity contribution is 7.18. The average Bonchev–Trinajstić information content (AvgIpc) is 3.14. The summed E-state index contributed by atoms with van der Waals surface area (Å²) in [5, 5.41) is 4.23. The number of benzene rings is 1. The number of amides is 1. The van der Waals surface area contributed by atoms with E-state index in [1.54, 1.807) is 16.2 Å². The van der Waals surface area contributed by atoms with E-state index in [2.05, 4.69) is 16.4 Å². The highest BCUT2D eigenvalue weighted by Crippen LogP contribution is 2.22. The normalized spacial score (nSPS) is 14.8. The largest absolute Gasteiger partial charge is 0.338 e. The lowest BCUT2D eigenvalue weighted by Gasteiger charge is -2.15. The Morgan fingerprint density at radius 3 is 3.00 bits per heavy atom. The fraction of sp³-hybridized carbons (Fsp3) is 0.429. The van der Waals surface area contributed by atoms with E-state index < -0.39 is 0 Å². The zero-order valence-electron chi connectivity index (χ0n) is 10.9. The smallest absolute Gasteiger partial charge is 0.236 e. The highest BCUT2D eigenvalue weighted by atomic mass is 32.1. The Labute approximate surface area is 116 Å². The number of carbonyl (C=O) groups excluding carboxylic acids is 1. The van der Waals surface area contributed by atoms with E-state index in [9.17, 15) is 4.79 Å². The second-order valence-electron chi connectivity index (χ2n) is 4.98. The maximum absolute atomic E-state index is 11.9. The second kappa shape index (κ2) is 5.27. The Morgan fingerprint density at radius 2 is 2.26 bits per heavy atom. The van der Waals surface area contributed by atoms with Crippen LogP contribution < -0.4 is 5.32 Å². The number of carbonyl (C=O) groups is 1.